The molecule has 2 aliphatic rings. The second-order valence-corrected chi connectivity index (χ2v) is 8.89. The number of aryl methyl sites for hydroxylation is 1. The zero-order chi connectivity index (χ0) is 21.8. The monoisotopic (exact) mass is 422 g/mol. The Morgan fingerprint density at radius 1 is 1.13 bits per heavy atom. The lowest BCUT2D eigenvalue weighted by Gasteiger charge is -2.36. The van der Waals surface area contributed by atoms with Crippen LogP contribution in [0.3, 0.4) is 0 Å². The zero-order valence-electron chi connectivity index (χ0n) is 19.1. The molecule has 6 nitrogen and oxygen atoms in total. The highest BCUT2D eigenvalue weighted by molar-refractivity contribution is 5.94. The first kappa shape index (κ1) is 21.6. The third kappa shape index (κ3) is 5.00. The Bertz CT molecular complexity index is 904. The van der Waals surface area contributed by atoms with E-state index in [1.54, 1.807) is 0 Å². The van der Waals surface area contributed by atoms with E-state index < -0.39 is 0 Å². The lowest BCUT2D eigenvalue weighted by Crippen LogP contribution is -2.40. The molecule has 0 radical (unpaired) electrons. The maximum atomic E-state index is 13.2. The fourth-order valence-corrected chi connectivity index (χ4v) is 4.38. The van der Waals surface area contributed by atoms with Crippen molar-refractivity contribution in [2.24, 2.45) is 5.92 Å². The van der Waals surface area contributed by atoms with E-state index in [-0.39, 0.29) is 5.91 Å². The van der Waals surface area contributed by atoms with Crippen LogP contribution < -0.4 is 9.64 Å². The standard InChI is InChI=1S/C25H34N4O2/c1-4-5-16-31-21-8-6-20(7-9-21)25(30)29-15-12-23-22(17-29)24(27-19(3)26-23)28-13-10-18(2)11-14-28/h6-9,18H,4-5,10-17H2,1-3H3. The fourth-order valence-electron chi connectivity index (χ4n) is 4.38. The SMILES string of the molecule is CCCCOc1ccc(C(=O)N2CCc3nc(C)nc(N4CCC(C)CC4)c3C2)cc1. The molecule has 4 rings (SSSR count). The van der Waals surface area contributed by atoms with E-state index in [4.69, 9.17) is 14.7 Å². The van der Waals surface area contributed by atoms with Crippen LogP contribution in [0.4, 0.5) is 5.82 Å². The van der Waals surface area contributed by atoms with Crippen molar-refractivity contribution in [3.05, 3.63) is 46.9 Å². The van der Waals surface area contributed by atoms with E-state index in [0.717, 1.165) is 66.9 Å². The Morgan fingerprint density at radius 3 is 2.58 bits per heavy atom. The van der Waals surface area contributed by atoms with Crippen molar-refractivity contribution in [2.75, 3.05) is 31.1 Å². The van der Waals surface area contributed by atoms with E-state index in [1.165, 1.54) is 12.8 Å². The molecule has 2 aromatic rings. The van der Waals surface area contributed by atoms with Gasteiger partial charge in [-0.25, -0.2) is 9.97 Å². The molecule has 0 saturated carbocycles. The molecule has 31 heavy (non-hydrogen) atoms. The van der Waals surface area contributed by atoms with Gasteiger partial charge in [-0.15, -0.1) is 0 Å². The molecule has 0 aliphatic carbocycles. The first-order chi connectivity index (χ1) is 15.0. The summed E-state index contributed by atoms with van der Waals surface area (Å²) in [5.74, 6) is 3.50. The van der Waals surface area contributed by atoms with E-state index >= 15 is 0 Å². The van der Waals surface area contributed by atoms with E-state index in [2.05, 4.69) is 18.7 Å². The Morgan fingerprint density at radius 2 is 1.87 bits per heavy atom. The molecular formula is C25H34N4O2. The van der Waals surface area contributed by atoms with Crippen LogP contribution in [-0.2, 0) is 13.0 Å². The van der Waals surface area contributed by atoms with Crippen LogP contribution in [0, 0.1) is 12.8 Å². The van der Waals surface area contributed by atoms with Gasteiger partial charge < -0.3 is 14.5 Å². The molecule has 1 saturated heterocycles. The quantitative estimate of drug-likeness (QED) is 0.646. The summed E-state index contributed by atoms with van der Waals surface area (Å²) in [6.07, 6.45) is 5.29. The molecule has 1 aromatic carbocycles. The number of carbonyl (C=O) groups is 1. The average molecular weight is 423 g/mol. The molecule has 0 spiro atoms. The van der Waals surface area contributed by atoms with E-state index in [0.29, 0.717) is 25.3 Å². The molecule has 6 heteroatoms. The van der Waals surface area contributed by atoms with Gasteiger partial charge in [0.2, 0.25) is 0 Å². The minimum Gasteiger partial charge on any atom is -0.494 e. The predicted molar refractivity (Wildman–Crippen MR) is 123 cm³/mol. The fraction of sp³-hybridized carbons (Fsp3) is 0.560. The van der Waals surface area contributed by atoms with Gasteiger partial charge in [-0.1, -0.05) is 20.3 Å². The summed E-state index contributed by atoms with van der Waals surface area (Å²) < 4.78 is 5.73. The first-order valence-electron chi connectivity index (χ1n) is 11.7. The Labute approximate surface area is 185 Å². The van der Waals surface area contributed by atoms with Crippen molar-refractivity contribution in [1.29, 1.82) is 0 Å². The molecule has 0 bridgehead atoms. The van der Waals surface area contributed by atoms with Crippen molar-refractivity contribution < 1.29 is 9.53 Å². The number of unbranched alkanes of at least 4 members (excludes halogenated alkanes) is 1. The lowest BCUT2D eigenvalue weighted by molar-refractivity contribution is 0.0733. The van der Waals surface area contributed by atoms with Crippen LogP contribution in [0.25, 0.3) is 0 Å². The number of ether oxygens (including phenoxy) is 1. The zero-order valence-corrected chi connectivity index (χ0v) is 19.1. The Kier molecular flexibility index (Phi) is 6.73. The number of amides is 1. The molecule has 0 atom stereocenters. The number of hydrogen-bond acceptors (Lipinski definition) is 5. The van der Waals surface area contributed by atoms with Crippen molar-refractivity contribution in [3.8, 4) is 5.75 Å². The average Bonchev–Trinajstić information content (AvgIpc) is 2.79. The smallest absolute Gasteiger partial charge is 0.254 e. The third-order valence-electron chi connectivity index (χ3n) is 6.39. The first-order valence-corrected chi connectivity index (χ1v) is 11.7. The number of anilines is 1. The van der Waals surface area contributed by atoms with Gasteiger partial charge in [-0.3, -0.25) is 4.79 Å². The van der Waals surface area contributed by atoms with Crippen molar-refractivity contribution in [1.82, 2.24) is 14.9 Å². The van der Waals surface area contributed by atoms with Gasteiger partial charge in [-0.2, -0.15) is 0 Å². The largest absolute Gasteiger partial charge is 0.494 e. The summed E-state index contributed by atoms with van der Waals surface area (Å²) in [7, 11) is 0. The molecule has 1 fully saturated rings. The number of rotatable bonds is 6. The van der Waals surface area contributed by atoms with Gasteiger partial charge in [0.25, 0.3) is 5.91 Å². The van der Waals surface area contributed by atoms with Crippen LogP contribution in [0.5, 0.6) is 5.75 Å². The predicted octanol–water partition coefficient (Wildman–Crippen LogP) is 4.40. The normalized spacial score (nSPS) is 16.9. The number of carbonyl (C=O) groups excluding carboxylic acids is 1. The summed E-state index contributed by atoms with van der Waals surface area (Å²) in [6, 6.07) is 7.54. The van der Waals surface area contributed by atoms with Gasteiger partial charge >= 0.3 is 0 Å². The van der Waals surface area contributed by atoms with Gasteiger partial charge in [0.1, 0.15) is 17.4 Å². The van der Waals surface area contributed by atoms with Crippen LogP contribution in [0.1, 0.15) is 67.0 Å². The maximum Gasteiger partial charge on any atom is 0.254 e. The van der Waals surface area contributed by atoms with Crippen molar-refractivity contribution in [2.45, 2.75) is 59.4 Å². The highest BCUT2D eigenvalue weighted by atomic mass is 16.5. The highest BCUT2D eigenvalue weighted by Gasteiger charge is 2.29. The van der Waals surface area contributed by atoms with E-state index in [1.807, 2.05) is 36.1 Å². The Hall–Kier alpha value is -2.63. The summed E-state index contributed by atoms with van der Waals surface area (Å²) >= 11 is 0. The summed E-state index contributed by atoms with van der Waals surface area (Å²) in [5.41, 5.74) is 2.93. The molecule has 166 valence electrons. The minimum absolute atomic E-state index is 0.0598. The maximum absolute atomic E-state index is 13.2. The van der Waals surface area contributed by atoms with Gasteiger partial charge in [0, 0.05) is 37.2 Å². The second kappa shape index (κ2) is 9.67. The second-order valence-electron chi connectivity index (χ2n) is 8.89. The topological polar surface area (TPSA) is 58.6 Å². The van der Waals surface area contributed by atoms with Crippen molar-refractivity contribution in [3.63, 3.8) is 0 Å². The molecule has 1 aromatic heterocycles. The molecule has 0 unspecified atom stereocenters. The molecule has 3 heterocycles. The number of benzene rings is 1. The number of fused-ring (bicyclic) bond motifs is 1. The van der Waals surface area contributed by atoms with Crippen molar-refractivity contribution >= 4 is 11.7 Å². The molecular weight excluding hydrogens is 388 g/mol. The highest BCUT2D eigenvalue weighted by Crippen LogP contribution is 2.30. The van der Waals surface area contributed by atoms with Gasteiger partial charge in [-0.05, 0) is 56.4 Å². The molecule has 0 N–H and O–H groups in total. The summed E-state index contributed by atoms with van der Waals surface area (Å²) in [6.45, 7) is 10.5. The van der Waals surface area contributed by atoms with Crippen LogP contribution in [-0.4, -0.2) is 47.0 Å². The summed E-state index contributed by atoms with van der Waals surface area (Å²) in [5, 5.41) is 0. The lowest BCUT2D eigenvalue weighted by atomic mass is 9.98. The molecule has 2 aliphatic heterocycles. The number of nitrogens with zero attached hydrogens (tertiary/aromatic N) is 4. The Balaban J connectivity index is 1.49. The van der Waals surface area contributed by atoms with Crippen LogP contribution in [0.15, 0.2) is 24.3 Å². The minimum atomic E-state index is 0.0598. The van der Waals surface area contributed by atoms with Gasteiger partial charge in [0.05, 0.1) is 18.8 Å². The van der Waals surface area contributed by atoms with Crippen LogP contribution >= 0.6 is 0 Å². The van der Waals surface area contributed by atoms with Gasteiger partial charge in [0.15, 0.2) is 0 Å². The number of aromatic nitrogens is 2. The van der Waals surface area contributed by atoms with Crippen LogP contribution in [0.2, 0.25) is 0 Å². The molecule has 1 amide bonds. The number of piperidine rings is 1. The number of hydrogen-bond donors (Lipinski definition) is 0. The van der Waals surface area contributed by atoms with E-state index in [9.17, 15) is 4.79 Å². The summed E-state index contributed by atoms with van der Waals surface area (Å²) in [4.78, 5) is 27.1. The third-order valence-corrected chi connectivity index (χ3v) is 6.39.